The first-order valence-electron chi connectivity index (χ1n) is 4.49. The van der Waals surface area contributed by atoms with Crippen LogP contribution in [0.15, 0.2) is 18.2 Å². The predicted octanol–water partition coefficient (Wildman–Crippen LogP) is 1.31. The third kappa shape index (κ3) is 2.60. The van der Waals surface area contributed by atoms with Gasteiger partial charge in [-0.3, -0.25) is 14.9 Å². The molecule has 0 amide bonds. The summed E-state index contributed by atoms with van der Waals surface area (Å²) in [5, 5.41) is 13.4. The molecule has 0 unspecified atom stereocenters. The molecule has 1 aromatic rings. The molecule has 0 aliphatic heterocycles. The zero-order chi connectivity index (χ0) is 11.4. The standard InChI is InChI=1S/C10H12N2O3/c1-7-3-4-9(12(14)15)8(5-7)10(13)6-11-2/h3-5,11H,6H2,1-2H3. The van der Waals surface area contributed by atoms with Crippen molar-refractivity contribution in [3.63, 3.8) is 0 Å². The van der Waals surface area contributed by atoms with Crippen molar-refractivity contribution in [2.24, 2.45) is 0 Å². The molecule has 0 saturated carbocycles. The van der Waals surface area contributed by atoms with E-state index in [0.717, 1.165) is 5.56 Å². The molecule has 0 aromatic heterocycles. The van der Waals surface area contributed by atoms with E-state index in [1.54, 1.807) is 20.0 Å². The van der Waals surface area contributed by atoms with Gasteiger partial charge in [0, 0.05) is 6.07 Å². The van der Waals surface area contributed by atoms with Crippen LogP contribution in [-0.2, 0) is 0 Å². The molecule has 0 bridgehead atoms. The van der Waals surface area contributed by atoms with Crippen molar-refractivity contribution in [3.8, 4) is 0 Å². The largest absolute Gasteiger partial charge is 0.313 e. The summed E-state index contributed by atoms with van der Waals surface area (Å²) >= 11 is 0. The number of nitro benzene ring substituents is 1. The molecule has 0 aliphatic carbocycles. The van der Waals surface area contributed by atoms with E-state index in [2.05, 4.69) is 5.32 Å². The van der Waals surface area contributed by atoms with Crippen LogP contribution in [0.5, 0.6) is 0 Å². The maximum absolute atomic E-state index is 11.6. The summed E-state index contributed by atoms with van der Waals surface area (Å²) in [4.78, 5) is 21.7. The van der Waals surface area contributed by atoms with Crippen LogP contribution in [-0.4, -0.2) is 24.3 Å². The van der Waals surface area contributed by atoms with Crippen LogP contribution in [0, 0.1) is 17.0 Å². The quantitative estimate of drug-likeness (QED) is 0.460. The minimum Gasteiger partial charge on any atom is -0.313 e. The highest BCUT2D eigenvalue weighted by Gasteiger charge is 2.18. The maximum atomic E-state index is 11.6. The first-order chi connectivity index (χ1) is 7.06. The monoisotopic (exact) mass is 208 g/mol. The van der Waals surface area contributed by atoms with Crippen LogP contribution in [0.2, 0.25) is 0 Å². The molecule has 0 atom stereocenters. The van der Waals surface area contributed by atoms with Crippen molar-refractivity contribution in [1.82, 2.24) is 5.32 Å². The lowest BCUT2D eigenvalue weighted by atomic mass is 10.1. The first-order valence-corrected chi connectivity index (χ1v) is 4.49. The number of hydrogen-bond acceptors (Lipinski definition) is 4. The molecule has 1 N–H and O–H groups in total. The second-order valence-electron chi connectivity index (χ2n) is 3.23. The second kappa shape index (κ2) is 4.65. The topological polar surface area (TPSA) is 72.2 Å². The Bertz CT molecular complexity index is 402. The third-order valence-corrected chi connectivity index (χ3v) is 1.99. The molecular formula is C10H12N2O3. The van der Waals surface area contributed by atoms with Crippen molar-refractivity contribution < 1.29 is 9.72 Å². The Morgan fingerprint density at radius 2 is 2.20 bits per heavy atom. The highest BCUT2D eigenvalue weighted by molar-refractivity contribution is 6.01. The predicted molar refractivity (Wildman–Crippen MR) is 56.1 cm³/mol. The fraction of sp³-hybridized carbons (Fsp3) is 0.300. The van der Waals surface area contributed by atoms with E-state index in [4.69, 9.17) is 0 Å². The van der Waals surface area contributed by atoms with Gasteiger partial charge in [0.2, 0.25) is 0 Å². The fourth-order valence-corrected chi connectivity index (χ4v) is 1.29. The number of ketones is 1. The van der Waals surface area contributed by atoms with Crippen molar-refractivity contribution >= 4 is 11.5 Å². The number of hydrogen-bond donors (Lipinski definition) is 1. The van der Waals surface area contributed by atoms with E-state index in [-0.39, 0.29) is 23.6 Å². The van der Waals surface area contributed by atoms with Gasteiger partial charge < -0.3 is 5.32 Å². The Kier molecular flexibility index (Phi) is 3.51. The van der Waals surface area contributed by atoms with Crippen LogP contribution < -0.4 is 5.32 Å². The van der Waals surface area contributed by atoms with Crippen LogP contribution in [0.1, 0.15) is 15.9 Å². The number of rotatable bonds is 4. The molecule has 0 aliphatic rings. The van der Waals surface area contributed by atoms with E-state index < -0.39 is 4.92 Å². The second-order valence-corrected chi connectivity index (χ2v) is 3.23. The van der Waals surface area contributed by atoms with Gasteiger partial charge in [0.25, 0.3) is 5.69 Å². The first kappa shape index (κ1) is 11.3. The van der Waals surface area contributed by atoms with E-state index >= 15 is 0 Å². The Hall–Kier alpha value is -1.75. The summed E-state index contributed by atoms with van der Waals surface area (Å²) < 4.78 is 0. The maximum Gasteiger partial charge on any atom is 0.280 e. The number of carbonyl (C=O) groups excluding carboxylic acids is 1. The summed E-state index contributed by atoms with van der Waals surface area (Å²) in [6.45, 7) is 1.89. The fourth-order valence-electron chi connectivity index (χ4n) is 1.29. The number of aryl methyl sites for hydroxylation is 1. The zero-order valence-corrected chi connectivity index (χ0v) is 8.61. The number of nitro groups is 1. The number of likely N-dealkylation sites (N-methyl/N-ethyl adjacent to an activating group) is 1. The SMILES string of the molecule is CNCC(=O)c1cc(C)ccc1[N+](=O)[O-]. The highest BCUT2D eigenvalue weighted by Crippen LogP contribution is 2.19. The van der Waals surface area contributed by atoms with Crippen molar-refractivity contribution in [3.05, 3.63) is 39.4 Å². The molecule has 0 radical (unpaired) electrons. The smallest absolute Gasteiger partial charge is 0.280 e. The summed E-state index contributed by atoms with van der Waals surface area (Å²) in [5.74, 6) is -0.270. The molecule has 0 saturated heterocycles. The van der Waals surface area contributed by atoms with Crippen LogP contribution in [0.25, 0.3) is 0 Å². The van der Waals surface area contributed by atoms with Gasteiger partial charge in [-0.15, -0.1) is 0 Å². The van der Waals surface area contributed by atoms with Gasteiger partial charge in [0.15, 0.2) is 5.78 Å². The molecule has 0 heterocycles. The average molecular weight is 208 g/mol. The van der Waals surface area contributed by atoms with Gasteiger partial charge in [-0.1, -0.05) is 6.07 Å². The van der Waals surface area contributed by atoms with Crippen molar-refractivity contribution in [1.29, 1.82) is 0 Å². The molecule has 1 rings (SSSR count). The Balaban J connectivity index is 3.18. The van der Waals surface area contributed by atoms with Crippen molar-refractivity contribution in [2.45, 2.75) is 6.92 Å². The van der Waals surface area contributed by atoms with Gasteiger partial charge in [0.1, 0.15) is 0 Å². The molecule has 5 nitrogen and oxygen atoms in total. The molecule has 1 aromatic carbocycles. The lowest BCUT2D eigenvalue weighted by Crippen LogP contribution is -2.19. The average Bonchev–Trinajstić information content (AvgIpc) is 2.17. The number of Topliss-reactive ketones (excluding diaryl/α,β-unsaturated/α-hetero) is 1. The van der Waals surface area contributed by atoms with E-state index in [9.17, 15) is 14.9 Å². The molecular weight excluding hydrogens is 196 g/mol. The molecule has 80 valence electrons. The minimum atomic E-state index is -0.539. The van der Waals surface area contributed by atoms with Gasteiger partial charge >= 0.3 is 0 Å². The Morgan fingerprint density at radius 1 is 1.53 bits per heavy atom. The van der Waals surface area contributed by atoms with Gasteiger partial charge in [-0.05, 0) is 25.6 Å². The van der Waals surface area contributed by atoms with Gasteiger partial charge in [-0.25, -0.2) is 0 Å². The van der Waals surface area contributed by atoms with E-state index in [1.165, 1.54) is 12.1 Å². The summed E-state index contributed by atoms with van der Waals surface area (Å²) in [5.41, 5.74) is 0.857. The number of nitrogens with one attached hydrogen (secondary N) is 1. The summed E-state index contributed by atoms with van der Waals surface area (Å²) in [7, 11) is 1.62. The Labute approximate surface area is 87.3 Å². The van der Waals surface area contributed by atoms with Gasteiger partial charge in [0.05, 0.1) is 17.0 Å². The molecule has 0 fully saturated rings. The van der Waals surface area contributed by atoms with Crippen LogP contribution in [0.4, 0.5) is 5.69 Å². The Morgan fingerprint density at radius 3 is 2.73 bits per heavy atom. The van der Waals surface area contributed by atoms with Gasteiger partial charge in [-0.2, -0.15) is 0 Å². The zero-order valence-electron chi connectivity index (χ0n) is 8.61. The molecule has 5 heteroatoms. The number of benzene rings is 1. The number of nitrogens with zero attached hydrogens (tertiary/aromatic N) is 1. The van der Waals surface area contributed by atoms with E-state index in [0.29, 0.717) is 0 Å². The molecule has 0 spiro atoms. The summed E-state index contributed by atoms with van der Waals surface area (Å²) in [6.07, 6.45) is 0. The third-order valence-electron chi connectivity index (χ3n) is 1.99. The normalized spacial score (nSPS) is 10.0. The lowest BCUT2D eigenvalue weighted by molar-refractivity contribution is -0.385. The highest BCUT2D eigenvalue weighted by atomic mass is 16.6. The van der Waals surface area contributed by atoms with Crippen LogP contribution >= 0.6 is 0 Å². The minimum absolute atomic E-state index is 0.101. The van der Waals surface area contributed by atoms with Crippen molar-refractivity contribution in [2.75, 3.05) is 13.6 Å². The lowest BCUT2D eigenvalue weighted by Gasteiger charge is -2.02. The van der Waals surface area contributed by atoms with E-state index in [1.807, 2.05) is 0 Å². The number of carbonyl (C=O) groups is 1. The molecule has 15 heavy (non-hydrogen) atoms. The summed E-state index contributed by atoms with van der Waals surface area (Å²) in [6, 6.07) is 4.52. The van der Waals surface area contributed by atoms with Crippen LogP contribution in [0.3, 0.4) is 0 Å².